The van der Waals surface area contributed by atoms with Gasteiger partial charge in [-0.05, 0) is 33.8 Å². The Morgan fingerprint density at radius 1 is 1.44 bits per heavy atom. The molecular formula is C13H18N2O3. The molecule has 0 radical (unpaired) electrons. The lowest BCUT2D eigenvalue weighted by atomic mass is 10.1. The second kappa shape index (κ2) is 5.62. The van der Waals surface area contributed by atoms with Gasteiger partial charge in [-0.15, -0.1) is 0 Å². The first-order chi connectivity index (χ1) is 8.31. The molecule has 5 heteroatoms. The molecule has 0 fully saturated rings. The van der Waals surface area contributed by atoms with Crippen LogP contribution in [-0.2, 0) is 9.53 Å². The van der Waals surface area contributed by atoms with E-state index in [9.17, 15) is 9.59 Å². The number of hydrogen-bond acceptors (Lipinski definition) is 4. The number of amides is 1. The van der Waals surface area contributed by atoms with Gasteiger partial charge in [0.1, 0.15) is 17.9 Å². The van der Waals surface area contributed by atoms with Crippen molar-refractivity contribution in [3.63, 3.8) is 0 Å². The Morgan fingerprint density at radius 3 is 2.56 bits per heavy atom. The Morgan fingerprint density at radius 2 is 2.11 bits per heavy atom. The summed E-state index contributed by atoms with van der Waals surface area (Å²) in [6.07, 6.45) is 1.59. The van der Waals surface area contributed by atoms with Crippen LogP contribution in [0.2, 0.25) is 0 Å². The number of nitrogens with zero attached hydrogens (tertiary/aromatic N) is 1. The van der Waals surface area contributed by atoms with Gasteiger partial charge in [0.2, 0.25) is 0 Å². The predicted octanol–water partition coefficient (Wildman–Crippen LogP) is 2.15. The van der Waals surface area contributed by atoms with Gasteiger partial charge in [0, 0.05) is 17.5 Å². The third-order valence-electron chi connectivity index (χ3n) is 2.10. The van der Waals surface area contributed by atoms with E-state index in [1.165, 1.54) is 0 Å². The topological polar surface area (TPSA) is 68.3 Å². The van der Waals surface area contributed by atoms with Crippen LogP contribution in [0, 0.1) is 6.92 Å². The van der Waals surface area contributed by atoms with E-state index >= 15 is 0 Å². The Bertz CT molecular complexity index is 421. The molecular weight excluding hydrogens is 232 g/mol. The molecule has 1 unspecified atom stereocenters. The van der Waals surface area contributed by atoms with Crippen LogP contribution < -0.4 is 5.32 Å². The summed E-state index contributed by atoms with van der Waals surface area (Å²) in [7, 11) is 0. The molecule has 1 rings (SSSR count). The van der Waals surface area contributed by atoms with Gasteiger partial charge in [0.05, 0.1) is 0 Å². The summed E-state index contributed by atoms with van der Waals surface area (Å²) in [5.41, 5.74) is 0.880. The molecule has 1 aromatic heterocycles. The Hall–Kier alpha value is -1.91. The van der Waals surface area contributed by atoms with Crippen LogP contribution in [0.1, 0.15) is 38.1 Å². The Labute approximate surface area is 107 Å². The lowest BCUT2D eigenvalue weighted by molar-refractivity contribution is -0.109. The number of aryl methyl sites for hydroxylation is 1. The molecule has 5 nitrogen and oxygen atoms in total. The minimum absolute atomic E-state index is 0.594. The molecule has 18 heavy (non-hydrogen) atoms. The zero-order valence-corrected chi connectivity index (χ0v) is 11.1. The highest BCUT2D eigenvalue weighted by molar-refractivity contribution is 5.74. The average molecular weight is 250 g/mol. The average Bonchev–Trinajstić information content (AvgIpc) is 2.25. The molecule has 1 aromatic rings. The molecule has 1 amide bonds. The number of pyridine rings is 1. The van der Waals surface area contributed by atoms with Crippen molar-refractivity contribution in [1.82, 2.24) is 10.3 Å². The molecule has 0 aromatic carbocycles. The molecule has 0 aliphatic rings. The minimum atomic E-state index is -0.743. The van der Waals surface area contributed by atoms with Crippen molar-refractivity contribution in [3.05, 3.63) is 29.6 Å². The van der Waals surface area contributed by atoms with Crippen LogP contribution in [0.3, 0.4) is 0 Å². The molecule has 1 atom stereocenters. The molecule has 0 aliphatic heterocycles. The van der Waals surface area contributed by atoms with Gasteiger partial charge < -0.3 is 14.8 Å². The van der Waals surface area contributed by atoms with E-state index in [4.69, 9.17) is 4.74 Å². The van der Waals surface area contributed by atoms with Gasteiger partial charge in [-0.3, -0.25) is 4.98 Å². The van der Waals surface area contributed by atoms with Crippen molar-refractivity contribution in [2.24, 2.45) is 0 Å². The van der Waals surface area contributed by atoms with Crippen molar-refractivity contribution in [3.8, 4) is 0 Å². The van der Waals surface area contributed by atoms with E-state index in [0.717, 1.165) is 5.69 Å². The molecule has 0 spiro atoms. The smallest absolute Gasteiger partial charge is 0.408 e. The number of carbonyl (C=O) groups excluding carboxylic acids is 2. The SMILES string of the molecule is Cc1ccc(C(C=O)NC(=O)OC(C)(C)C)cn1. The molecule has 1 heterocycles. The van der Waals surface area contributed by atoms with Gasteiger partial charge in [-0.1, -0.05) is 6.07 Å². The number of ether oxygens (including phenoxy) is 1. The van der Waals surface area contributed by atoms with Crippen LogP contribution in [0.5, 0.6) is 0 Å². The second-order valence-corrected chi connectivity index (χ2v) is 4.99. The minimum Gasteiger partial charge on any atom is -0.444 e. The Kier molecular flexibility index (Phi) is 4.42. The Balaban J connectivity index is 2.71. The van der Waals surface area contributed by atoms with Gasteiger partial charge in [-0.25, -0.2) is 4.79 Å². The monoisotopic (exact) mass is 250 g/mol. The first-order valence-corrected chi connectivity index (χ1v) is 5.69. The highest BCUT2D eigenvalue weighted by atomic mass is 16.6. The molecule has 0 aliphatic carbocycles. The standard InChI is InChI=1S/C13H18N2O3/c1-9-5-6-10(7-14-9)11(8-16)15-12(17)18-13(2,3)4/h5-8,11H,1-4H3,(H,15,17). The van der Waals surface area contributed by atoms with Gasteiger partial charge >= 0.3 is 6.09 Å². The number of nitrogens with one attached hydrogen (secondary N) is 1. The largest absolute Gasteiger partial charge is 0.444 e. The van der Waals surface area contributed by atoms with Gasteiger partial charge in [-0.2, -0.15) is 0 Å². The van der Waals surface area contributed by atoms with Gasteiger partial charge in [0.15, 0.2) is 0 Å². The van der Waals surface area contributed by atoms with Crippen LogP contribution in [-0.4, -0.2) is 23.0 Å². The van der Waals surface area contributed by atoms with Crippen molar-refractivity contribution in [2.45, 2.75) is 39.3 Å². The molecule has 98 valence electrons. The summed E-state index contributed by atoms with van der Waals surface area (Å²) in [4.78, 5) is 26.6. The summed E-state index contributed by atoms with van der Waals surface area (Å²) in [5, 5.41) is 2.49. The highest BCUT2D eigenvalue weighted by Crippen LogP contribution is 2.12. The number of hydrogen-bond donors (Lipinski definition) is 1. The lowest BCUT2D eigenvalue weighted by Crippen LogP contribution is -2.35. The number of aromatic nitrogens is 1. The quantitative estimate of drug-likeness (QED) is 0.835. The second-order valence-electron chi connectivity index (χ2n) is 4.99. The van der Waals surface area contributed by atoms with E-state index in [-0.39, 0.29) is 0 Å². The molecule has 1 N–H and O–H groups in total. The van der Waals surface area contributed by atoms with Crippen molar-refractivity contribution < 1.29 is 14.3 Å². The number of rotatable bonds is 3. The number of aldehydes is 1. The first-order valence-electron chi connectivity index (χ1n) is 5.69. The molecule has 0 bridgehead atoms. The van der Waals surface area contributed by atoms with E-state index in [1.807, 2.05) is 6.92 Å². The predicted molar refractivity (Wildman–Crippen MR) is 67.1 cm³/mol. The third-order valence-corrected chi connectivity index (χ3v) is 2.10. The number of carbonyl (C=O) groups is 2. The fourth-order valence-corrected chi connectivity index (χ4v) is 1.29. The molecule has 0 saturated heterocycles. The van der Waals surface area contributed by atoms with Crippen LogP contribution in [0.25, 0.3) is 0 Å². The maximum absolute atomic E-state index is 11.6. The van der Waals surface area contributed by atoms with Gasteiger partial charge in [0.25, 0.3) is 0 Å². The van der Waals surface area contributed by atoms with Crippen molar-refractivity contribution >= 4 is 12.4 Å². The fourth-order valence-electron chi connectivity index (χ4n) is 1.29. The lowest BCUT2D eigenvalue weighted by Gasteiger charge is -2.21. The van der Waals surface area contributed by atoms with E-state index in [0.29, 0.717) is 11.8 Å². The summed E-state index contributed by atoms with van der Waals surface area (Å²) in [6.45, 7) is 7.13. The van der Waals surface area contributed by atoms with E-state index in [1.54, 1.807) is 39.1 Å². The van der Waals surface area contributed by atoms with Crippen LogP contribution in [0.15, 0.2) is 18.3 Å². The summed E-state index contributed by atoms with van der Waals surface area (Å²) in [5.74, 6) is 0. The first kappa shape index (κ1) is 14.2. The summed E-state index contributed by atoms with van der Waals surface area (Å²) < 4.78 is 5.09. The zero-order valence-electron chi connectivity index (χ0n) is 11.1. The third kappa shape index (κ3) is 4.53. The summed E-state index contributed by atoms with van der Waals surface area (Å²) in [6, 6.07) is 2.79. The summed E-state index contributed by atoms with van der Waals surface area (Å²) >= 11 is 0. The van der Waals surface area contributed by atoms with Crippen molar-refractivity contribution in [2.75, 3.05) is 0 Å². The van der Waals surface area contributed by atoms with E-state index < -0.39 is 17.7 Å². The normalized spacial score (nSPS) is 12.7. The van der Waals surface area contributed by atoms with E-state index in [2.05, 4.69) is 10.3 Å². The maximum atomic E-state index is 11.6. The van der Waals surface area contributed by atoms with Crippen LogP contribution in [0.4, 0.5) is 4.79 Å². The van der Waals surface area contributed by atoms with Crippen molar-refractivity contribution in [1.29, 1.82) is 0 Å². The highest BCUT2D eigenvalue weighted by Gasteiger charge is 2.20. The number of alkyl carbamates (subject to hydrolysis) is 1. The molecule has 0 saturated carbocycles. The maximum Gasteiger partial charge on any atom is 0.408 e. The fraction of sp³-hybridized carbons (Fsp3) is 0.462. The van der Waals surface area contributed by atoms with Crippen LogP contribution >= 0.6 is 0 Å². The zero-order chi connectivity index (χ0) is 13.8.